The van der Waals surface area contributed by atoms with Crippen molar-refractivity contribution in [2.75, 3.05) is 6.54 Å². The van der Waals surface area contributed by atoms with Crippen molar-refractivity contribution in [3.05, 3.63) is 0 Å². The first-order chi connectivity index (χ1) is 6.13. The topological polar surface area (TPSA) is 62.2 Å². The lowest BCUT2D eigenvalue weighted by Gasteiger charge is -1.98. The van der Waals surface area contributed by atoms with Crippen LogP contribution in [-0.2, 0) is 0 Å². The lowest BCUT2D eigenvalue weighted by molar-refractivity contribution is 0.659. The van der Waals surface area contributed by atoms with Gasteiger partial charge in [-0.3, -0.25) is 4.99 Å². The van der Waals surface area contributed by atoms with Crippen molar-refractivity contribution in [3.8, 4) is 0 Å². The third-order valence-electron chi connectivity index (χ3n) is 1.82. The summed E-state index contributed by atoms with van der Waals surface area (Å²) in [6, 6.07) is 0. The molecule has 0 heterocycles. The zero-order valence-electron chi connectivity index (χ0n) is 8.77. The highest BCUT2D eigenvalue weighted by Gasteiger charge is 1.91. The summed E-state index contributed by atoms with van der Waals surface area (Å²) in [7, 11) is 0. The summed E-state index contributed by atoms with van der Waals surface area (Å²) in [4.78, 5) is 4.11. The highest BCUT2D eigenvalue weighted by Crippen LogP contribution is 2.03. The van der Waals surface area contributed by atoms with Gasteiger partial charge in [0.2, 0.25) is 0 Å². The summed E-state index contributed by atoms with van der Waals surface area (Å²) in [6.45, 7) is 4.53. The van der Waals surface area contributed by atoms with Crippen LogP contribution in [0.15, 0.2) is 4.99 Å². The van der Waals surface area contributed by atoms with Crippen molar-refractivity contribution >= 4 is 11.5 Å². The molecular formula is C10H21N3. The van der Waals surface area contributed by atoms with E-state index in [1.54, 1.807) is 0 Å². The maximum Gasteiger partial charge on any atom is 0.0905 e. The van der Waals surface area contributed by atoms with Gasteiger partial charge in [0, 0.05) is 12.3 Å². The molecule has 0 aliphatic carbocycles. The Morgan fingerprint density at radius 3 is 2.31 bits per heavy atom. The van der Waals surface area contributed by atoms with Crippen LogP contribution in [0, 0.1) is 5.41 Å². The van der Waals surface area contributed by atoms with Crippen LogP contribution >= 0.6 is 0 Å². The summed E-state index contributed by atoms with van der Waals surface area (Å²) in [6.07, 6.45) is 5.60. The summed E-state index contributed by atoms with van der Waals surface area (Å²) >= 11 is 0. The zero-order chi connectivity index (χ0) is 10.1. The summed E-state index contributed by atoms with van der Waals surface area (Å²) in [5, 5.41) is 7.23. The quantitative estimate of drug-likeness (QED) is 0.355. The highest BCUT2D eigenvalue weighted by atomic mass is 14.8. The van der Waals surface area contributed by atoms with Crippen LogP contribution in [0.5, 0.6) is 0 Å². The molecule has 0 aliphatic rings. The number of nitrogens with two attached hydrogens (primary N) is 1. The number of amidine groups is 1. The Bertz CT molecular complexity index is 169. The van der Waals surface area contributed by atoms with E-state index >= 15 is 0 Å². The van der Waals surface area contributed by atoms with Gasteiger partial charge < -0.3 is 11.1 Å². The molecule has 0 atom stereocenters. The van der Waals surface area contributed by atoms with Crippen molar-refractivity contribution in [3.63, 3.8) is 0 Å². The van der Waals surface area contributed by atoms with E-state index < -0.39 is 0 Å². The molecule has 0 unspecified atom stereocenters. The Hall–Kier alpha value is -0.860. The lowest BCUT2D eigenvalue weighted by atomic mass is 10.1. The fraction of sp³-hybridized carbons (Fsp3) is 0.800. The normalized spacial score (nSPS) is 11.7. The van der Waals surface area contributed by atoms with Gasteiger partial charge >= 0.3 is 0 Å². The van der Waals surface area contributed by atoms with Gasteiger partial charge in [0.25, 0.3) is 0 Å². The van der Waals surface area contributed by atoms with E-state index in [1.807, 2.05) is 13.8 Å². The van der Waals surface area contributed by atoms with Gasteiger partial charge in [0.05, 0.1) is 5.84 Å². The Balaban J connectivity index is 3.09. The molecule has 3 nitrogen and oxygen atoms in total. The average molecular weight is 183 g/mol. The molecule has 0 amide bonds. The van der Waals surface area contributed by atoms with Crippen LogP contribution < -0.4 is 5.73 Å². The van der Waals surface area contributed by atoms with Gasteiger partial charge in [-0.25, -0.2) is 0 Å². The molecule has 0 saturated carbocycles. The third kappa shape index (κ3) is 11.1. The predicted molar refractivity (Wildman–Crippen MR) is 58.6 cm³/mol. The molecule has 0 aromatic heterocycles. The van der Waals surface area contributed by atoms with Crippen molar-refractivity contribution in [1.29, 1.82) is 5.41 Å². The van der Waals surface area contributed by atoms with E-state index in [1.165, 1.54) is 12.8 Å². The van der Waals surface area contributed by atoms with Gasteiger partial charge in [-0.05, 0) is 33.1 Å². The molecule has 76 valence electrons. The van der Waals surface area contributed by atoms with E-state index in [-0.39, 0.29) is 0 Å². The van der Waals surface area contributed by atoms with Crippen LogP contribution in [0.25, 0.3) is 0 Å². The van der Waals surface area contributed by atoms with Crippen LogP contribution in [0.1, 0.15) is 46.0 Å². The van der Waals surface area contributed by atoms with Crippen LogP contribution in [-0.4, -0.2) is 18.1 Å². The fourth-order valence-electron chi connectivity index (χ4n) is 1.11. The number of hydrogen-bond acceptors (Lipinski definition) is 2. The molecule has 3 heteroatoms. The van der Waals surface area contributed by atoms with Crippen molar-refractivity contribution in [2.24, 2.45) is 10.7 Å². The molecule has 3 N–H and O–H groups in total. The first kappa shape index (κ1) is 12.1. The monoisotopic (exact) mass is 183 g/mol. The molecular weight excluding hydrogens is 162 g/mol. The van der Waals surface area contributed by atoms with Gasteiger partial charge in [-0.1, -0.05) is 12.8 Å². The van der Waals surface area contributed by atoms with Gasteiger partial charge in [0.1, 0.15) is 0 Å². The molecule has 0 saturated heterocycles. The van der Waals surface area contributed by atoms with Crippen molar-refractivity contribution < 1.29 is 0 Å². The van der Waals surface area contributed by atoms with E-state index in [0.717, 1.165) is 31.5 Å². The number of aliphatic imine (C=N–C) groups is 1. The van der Waals surface area contributed by atoms with Crippen molar-refractivity contribution in [2.45, 2.75) is 46.0 Å². The van der Waals surface area contributed by atoms with Crippen molar-refractivity contribution in [1.82, 2.24) is 0 Å². The second-order valence-corrected chi connectivity index (χ2v) is 3.47. The van der Waals surface area contributed by atoms with Gasteiger partial charge in [-0.2, -0.15) is 0 Å². The standard InChI is InChI=1S/C10H21N3/c1-9(11)7-5-3-4-6-8-13-10(2)12/h11H,3-8H2,1-2H3,(H2,12,13). The SMILES string of the molecule is CC(=N)CCCCCCN=C(C)N. The van der Waals surface area contributed by atoms with Crippen LogP contribution in [0.4, 0.5) is 0 Å². The summed E-state index contributed by atoms with van der Waals surface area (Å²) < 4.78 is 0. The van der Waals surface area contributed by atoms with E-state index in [2.05, 4.69) is 4.99 Å². The minimum atomic E-state index is 0.676. The summed E-state index contributed by atoms with van der Waals surface area (Å²) in [5.74, 6) is 0.676. The van der Waals surface area contributed by atoms with E-state index in [4.69, 9.17) is 11.1 Å². The van der Waals surface area contributed by atoms with Crippen LogP contribution in [0.3, 0.4) is 0 Å². The zero-order valence-corrected chi connectivity index (χ0v) is 8.77. The highest BCUT2D eigenvalue weighted by molar-refractivity contribution is 5.78. The Kier molecular flexibility index (Phi) is 7.26. The minimum absolute atomic E-state index is 0.676. The smallest absolute Gasteiger partial charge is 0.0905 e. The maximum atomic E-state index is 7.23. The third-order valence-corrected chi connectivity index (χ3v) is 1.82. The Labute approximate surface area is 80.9 Å². The molecule has 13 heavy (non-hydrogen) atoms. The minimum Gasteiger partial charge on any atom is -0.388 e. The summed E-state index contributed by atoms with van der Waals surface area (Å²) in [5.41, 5.74) is 6.18. The first-order valence-electron chi connectivity index (χ1n) is 4.93. The molecule has 0 bridgehead atoms. The largest absolute Gasteiger partial charge is 0.388 e. The molecule has 0 fully saturated rings. The molecule has 0 rings (SSSR count). The molecule has 0 aromatic carbocycles. The first-order valence-corrected chi connectivity index (χ1v) is 4.93. The maximum absolute atomic E-state index is 7.23. The fourth-order valence-corrected chi connectivity index (χ4v) is 1.11. The Morgan fingerprint density at radius 1 is 1.15 bits per heavy atom. The number of hydrogen-bond donors (Lipinski definition) is 2. The number of nitrogens with one attached hydrogen (secondary N) is 1. The molecule has 0 radical (unpaired) electrons. The number of unbranched alkanes of at least 4 members (excludes halogenated alkanes) is 3. The average Bonchev–Trinajstić information content (AvgIpc) is 2.01. The lowest BCUT2D eigenvalue weighted by Crippen LogP contribution is -2.05. The molecule has 0 aliphatic heterocycles. The Morgan fingerprint density at radius 2 is 1.77 bits per heavy atom. The number of nitrogens with zero attached hydrogens (tertiary/aromatic N) is 1. The van der Waals surface area contributed by atoms with Crippen LogP contribution in [0.2, 0.25) is 0 Å². The number of rotatable bonds is 7. The second kappa shape index (κ2) is 7.77. The molecule has 0 spiro atoms. The van der Waals surface area contributed by atoms with Gasteiger partial charge in [-0.15, -0.1) is 0 Å². The van der Waals surface area contributed by atoms with E-state index in [0.29, 0.717) is 5.84 Å². The molecule has 0 aromatic rings. The second-order valence-electron chi connectivity index (χ2n) is 3.47. The van der Waals surface area contributed by atoms with Gasteiger partial charge in [0.15, 0.2) is 0 Å². The predicted octanol–water partition coefficient (Wildman–Crippen LogP) is 2.35. The van der Waals surface area contributed by atoms with E-state index in [9.17, 15) is 0 Å².